The monoisotopic (exact) mass is 381 g/mol. The molecule has 0 saturated carbocycles. The van der Waals surface area contributed by atoms with Crippen LogP contribution < -0.4 is 0 Å². The number of aryl methyl sites for hydroxylation is 1. The summed E-state index contributed by atoms with van der Waals surface area (Å²) in [4.78, 5) is 25.7. The summed E-state index contributed by atoms with van der Waals surface area (Å²) in [5.41, 5.74) is 0.665. The van der Waals surface area contributed by atoms with Gasteiger partial charge in [0.05, 0.1) is 0 Å². The molecule has 6 heteroatoms. The molecular weight excluding hydrogens is 354 g/mol. The van der Waals surface area contributed by atoms with Gasteiger partial charge in [0.1, 0.15) is 11.7 Å². The summed E-state index contributed by atoms with van der Waals surface area (Å²) in [7, 11) is 0. The normalized spacial score (nSPS) is 15.6. The molecule has 1 saturated heterocycles. The van der Waals surface area contributed by atoms with E-state index in [1.807, 2.05) is 45.0 Å². The van der Waals surface area contributed by atoms with E-state index in [1.165, 1.54) is 0 Å². The van der Waals surface area contributed by atoms with E-state index in [1.54, 1.807) is 4.90 Å². The van der Waals surface area contributed by atoms with Crippen molar-refractivity contribution in [1.29, 1.82) is 0 Å². The van der Waals surface area contributed by atoms with E-state index in [-0.39, 0.29) is 18.2 Å². The molecule has 1 heterocycles. The maximum absolute atomic E-state index is 12.0. The fraction of sp³-hybridized carbons (Fsp3) is 0.600. The Kier molecular flexibility index (Phi) is 7.33. The van der Waals surface area contributed by atoms with Gasteiger partial charge in [-0.2, -0.15) is 0 Å². The van der Waals surface area contributed by atoms with E-state index in [2.05, 4.69) is 0 Å². The summed E-state index contributed by atoms with van der Waals surface area (Å²) in [5.74, 6) is -0.172. The molecule has 0 radical (unpaired) electrons. The molecule has 0 unspecified atom stereocenters. The minimum atomic E-state index is -0.496. The smallest absolute Gasteiger partial charge is 0.410 e. The van der Waals surface area contributed by atoms with Gasteiger partial charge < -0.3 is 14.4 Å². The van der Waals surface area contributed by atoms with Gasteiger partial charge in [-0.05, 0) is 51.3 Å². The minimum absolute atomic E-state index is 0.114. The third-order valence-corrected chi connectivity index (χ3v) is 4.40. The van der Waals surface area contributed by atoms with E-state index < -0.39 is 5.60 Å². The lowest BCUT2D eigenvalue weighted by molar-refractivity contribution is -0.151. The van der Waals surface area contributed by atoms with Crippen LogP contribution in [0.3, 0.4) is 0 Å². The molecule has 0 spiro atoms. The standard InChI is InChI=1S/C20H28ClNO4/c1-20(2,3)26-19(24)22-13-11-17(12-14-22)25-18(23)6-4-5-15-7-9-16(21)10-8-15/h7-10,17H,4-6,11-14H2,1-3H3. The molecule has 0 bridgehead atoms. The number of carbonyl (C=O) groups is 2. The Hall–Kier alpha value is -1.75. The molecule has 144 valence electrons. The van der Waals surface area contributed by atoms with Crippen LogP contribution in [0.2, 0.25) is 5.02 Å². The number of piperidine rings is 1. The van der Waals surface area contributed by atoms with Crippen LogP contribution >= 0.6 is 11.6 Å². The lowest BCUT2D eigenvalue weighted by Crippen LogP contribution is -2.43. The van der Waals surface area contributed by atoms with E-state index >= 15 is 0 Å². The maximum Gasteiger partial charge on any atom is 0.410 e. The van der Waals surface area contributed by atoms with Crippen molar-refractivity contribution in [3.63, 3.8) is 0 Å². The van der Waals surface area contributed by atoms with Gasteiger partial charge in [0.2, 0.25) is 0 Å². The largest absolute Gasteiger partial charge is 0.462 e. The number of esters is 1. The van der Waals surface area contributed by atoms with E-state index in [4.69, 9.17) is 21.1 Å². The van der Waals surface area contributed by atoms with Crippen LogP contribution in [0, 0.1) is 0 Å². The van der Waals surface area contributed by atoms with E-state index in [9.17, 15) is 9.59 Å². The zero-order chi connectivity index (χ0) is 19.2. The molecule has 1 aromatic rings. The third kappa shape index (κ3) is 7.24. The van der Waals surface area contributed by atoms with Gasteiger partial charge in [0.25, 0.3) is 0 Å². The first kappa shape index (κ1) is 20.6. The highest BCUT2D eigenvalue weighted by atomic mass is 35.5. The lowest BCUT2D eigenvalue weighted by Gasteiger charge is -2.33. The van der Waals surface area contributed by atoms with Crippen LogP contribution in [0.5, 0.6) is 0 Å². The first-order valence-electron chi connectivity index (χ1n) is 9.15. The van der Waals surface area contributed by atoms with Crippen molar-refractivity contribution < 1.29 is 19.1 Å². The number of likely N-dealkylation sites (tertiary alicyclic amines) is 1. The van der Waals surface area contributed by atoms with Gasteiger partial charge in [0.15, 0.2) is 0 Å². The molecule has 0 atom stereocenters. The van der Waals surface area contributed by atoms with Gasteiger partial charge in [-0.15, -0.1) is 0 Å². The highest BCUT2D eigenvalue weighted by Gasteiger charge is 2.28. The Morgan fingerprint density at radius 1 is 1.15 bits per heavy atom. The topological polar surface area (TPSA) is 55.8 Å². The Bertz CT molecular complexity index is 601. The number of rotatable bonds is 5. The predicted octanol–water partition coefficient (Wildman–Crippen LogP) is 4.61. The molecule has 5 nitrogen and oxygen atoms in total. The molecule has 1 fully saturated rings. The molecular formula is C20H28ClNO4. The number of carbonyl (C=O) groups excluding carboxylic acids is 2. The van der Waals surface area contributed by atoms with Crippen LogP contribution in [0.4, 0.5) is 4.79 Å². The Morgan fingerprint density at radius 3 is 2.35 bits per heavy atom. The average Bonchev–Trinajstić information content (AvgIpc) is 2.56. The number of nitrogens with zero attached hydrogens (tertiary/aromatic N) is 1. The first-order valence-corrected chi connectivity index (χ1v) is 9.52. The lowest BCUT2D eigenvalue weighted by atomic mass is 10.1. The number of benzene rings is 1. The second-order valence-electron chi connectivity index (χ2n) is 7.64. The van der Waals surface area contributed by atoms with Crippen molar-refractivity contribution in [2.45, 2.75) is 64.6 Å². The van der Waals surface area contributed by atoms with Gasteiger partial charge >= 0.3 is 12.1 Å². The molecule has 0 aliphatic carbocycles. The van der Waals surface area contributed by atoms with E-state index in [0.29, 0.717) is 37.4 Å². The molecule has 0 aromatic heterocycles. The van der Waals surface area contributed by atoms with Gasteiger partial charge in [0, 0.05) is 37.4 Å². The van der Waals surface area contributed by atoms with Crippen LogP contribution in [0.25, 0.3) is 0 Å². The second-order valence-corrected chi connectivity index (χ2v) is 8.07. The highest BCUT2D eigenvalue weighted by Crippen LogP contribution is 2.18. The van der Waals surface area contributed by atoms with Crippen molar-refractivity contribution in [3.05, 3.63) is 34.9 Å². The van der Waals surface area contributed by atoms with Crippen molar-refractivity contribution in [2.24, 2.45) is 0 Å². The number of amides is 1. The highest BCUT2D eigenvalue weighted by molar-refractivity contribution is 6.30. The van der Waals surface area contributed by atoms with Crippen LogP contribution in [0.1, 0.15) is 52.0 Å². The zero-order valence-electron chi connectivity index (χ0n) is 15.8. The molecule has 26 heavy (non-hydrogen) atoms. The van der Waals surface area contributed by atoms with Crippen molar-refractivity contribution in [3.8, 4) is 0 Å². The number of halogens is 1. The van der Waals surface area contributed by atoms with Gasteiger partial charge in [-0.1, -0.05) is 23.7 Å². The number of hydrogen-bond donors (Lipinski definition) is 0. The van der Waals surface area contributed by atoms with Gasteiger partial charge in [-0.3, -0.25) is 4.79 Å². The zero-order valence-corrected chi connectivity index (χ0v) is 16.6. The van der Waals surface area contributed by atoms with Crippen LogP contribution in [0.15, 0.2) is 24.3 Å². The molecule has 1 amide bonds. The van der Waals surface area contributed by atoms with Crippen molar-refractivity contribution in [2.75, 3.05) is 13.1 Å². The van der Waals surface area contributed by atoms with Crippen LogP contribution in [-0.4, -0.2) is 41.8 Å². The molecule has 0 N–H and O–H groups in total. The SMILES string of the molecule is CC(C)(C)OC(=O)N1CCC(OC(=O)CCCc2ccc(Cl)cc2)CC1. The number of hydrogen-bond acceptors (Lipinski definition) is 4. The minimum Gasteiger partial charge on any atom is -0.462 e. The Balaban J connectivity index is 1.64. The average molecular weight is 382 g/mol. The predicted molar refractivity (Wildman–Crippen MR) is 101 cm³/mol. The summed E-state index contributed by atoms with van der Waals surface area (Å²) >= 11 is 5.86. The summed E-state index contributed by atoms with van der Waals surface area (Å²) < 4.78 is 10.9. The Morgan fingerprint density at radius 2 is 1.77 bits per heavy atom. The fourth-order valence-electron chi connectivity index (χ4n) is 2.82. The molecule has 1 aliphatic rings. The summed E-state index contributed by atoms with van der Waals surface area (Å²) in [6.07, 6.45) is 2.86. The van der Waals surface area contributed by atoms with Crippen molar-refractivity contribution in [1.82, 2.24) is 4.90 Å². The number of ether oxygens (including phenoxy) is 2. The van der Waals surface area contributed by atoms with Gasteiger partial charge in [-0.25, -0.2) is 4.79 Å². The fourth-order valence-corrected chi connectivity index (χ4v) is 2.94. The molecule has 1 aromatic carbocycles. The molecule has 2 rings (SSSR count). The molecule has 1 aliphatic heterocycles. The van der Waals surface area contributed by atoms with E-state index in [0.717, 1.165) is 18.4 Å². The summed E-state index contributed by atoms with van der Waals surface area (Å²) in [6, 6.07) is 7.65. The van der Waals surface area contributed by atoms with Crippen LogP contribution in [-0.2, 0) is 20.7 Å². The summed E-state index contributed by atoms with van der Waals surface area (Å²) in [6.45, 7) is 6.66. The Labute approximate surface area is 160 Å². The summed E-state index contributed by atoms with van der Waals surface area (Å²) in [5, 5.41) is 0.714. The maximum atomic E-state index is 12.0. The quantitative estimate of drug-likeness (QED) is 0.699. The third-order valence-electron chi connectivity index (χ3n) is 4.15. The van der Waals surface area contributed by atoms with Crippen molar-refractivity contribution >= 4 is 23.7 Å². The first-order chi connectivity index (χ1) is 12.2. The second kappa shape index (κ2) is 9.26.